The number of aliphatic carboxylic acids is 1. The maximum Gasteiger partial charge on any atom is 0.303 e. The highest BCUT2D eigenvalue weighted by molar-refractivity contribution is 5.66. The van der Waals surface area contributed by atoms with E-state index in [9.17, 15) is 19.3 Å². The van der Waals surface area contributed by atoms with Crippen molar-refractivity contribution in [2.24, 2.45) is 0 Å². The number of anilines is 1. The number of nitro groups is 1. The van der Waals surface area contributed by atoms with Crippen LogP contribution < -0.4 is 10.1 Å². The second-order valence-electron chi connectivity index (χ2n) is 6.02. The molecule has 2 rings (SSSR count). The number of nitrogens with zero attached hydrogens (tertiary/aromatic N) is 4. The predicted molar refractivity (Wildman–Crippen MR) is 98.0 cm³/mol. The highest BCUT2D eigenvalue weighted by atomic mass is 19.1. The topological polar surface area (TPSA) is 132 Å². The SMILES string of the molecule is O=C(O)CCCCCNc1cc(OCc2cn(CCF)nn2)ccc1[N+](=O)[O-]. The molecule has 1 heterocycles. The smallest absolute Gasteiger partial charge is 0.303 e. The van der Waals surface area contributed by atoms with Crippen LogP contribution in [0.4, 0.5) is 15.8 Å². The highest BCUT2D eigenvalue weighted by Crippen LogP contribution is 2.29. The fraction of sp³-hybridized carbons (Fsp3) is 0.471. The van der Waals surface area contributed by atoms with Gasteiger partial charge in [-0.05, 0) is 18.9 Å². The van der Waals surface area contributed by atoms with Crippen LogP contribution >= 0.6 is 0 Å². The number of nitrogens with one attached hydrogen (secondary N) is 1. The Morgan fingerprint density at radius 1 is 1.36 bits per heavy atom. The standard InChI is InChI=1S/C17H22FN5O5/c18-7-9-22-11-13(20-21-22)12-28-14-5-6-16(23(26)27)15(10-14)19-8-3-1-2-4-17(24)25/h5-6,10-11,19H,1-4,7-9,12H2,(H,24,25). The molecule has 0 aliphatic heterocycles. The van der Waals surface area contributed by atoms with Gasteiger partial charge in [0.1, 0.15) is 30.4 Å². The van der Waals surface area contributed by atoms with Gasteiger partial charge in [0, 0.05) is 25.1 Å². The van der Waals surface area contributed by atoms with E-state index < -0.39 is 17.6 Å². The highest BCUT2D eigenvalue weighted by Gasteiger charge is 2.15. The van der Waals surface area contributed by atoms with Crippen molar-refractivity contribution >= 4 is 17.3 Å². The number of hydrogen-bond acceptors (Lipinski definition) is 7. The van der Waals surface area contributed by atoms with Crippen LogP contribution in [0.15, 0.2) is 24.4 Å². The van der Waals surface area contributed by atoms with Crippen LogP contribution in [-0.2, 0) is 17.9 Å². The first-order chi connectivity index (χ1) is 13.5. The number of hydrogen-bond donors (Lipinski definition) is 2. The van der Waals surface area contributed by atoms with E-state index in [0.29, 0.717) is 42.9 Å². The average molecular weight is 395 g/mol. The summed E-state index contributed by atoms with van der Waals surface area (Å²) in [7, 11) is 0. The minimum Gasteiger partial charge on any atom is -0.487 e. The van der Waals surface area contributed by atoms with Gasteiger partial charge in [0.05, 0.1) is 17.7 Å². The van der Waals surface area contributed by atoms with E-state index in [4.69, 9.17) is 9.84 Å². The molecule has 1 aromatic heterocycles. The zero-order valence-corrected chi connectivity index (χ0v) is 15.2. The summed E-state index contributed by atoms with van der Waals surface area (Å²) in [6.45, 7) is 0.141. The summed E-state index contributed by atoms with van der Waals surface area (Å²) in [5.41, 5.74) is 0.758. The summed E-state index contributed by atoms with van der Waals surface area (Å²) in [5, 5.41) is 30.4. The summed E-state index contributed by atoms with van der Waals surface area (Å²) in [6, 6.07) is 4.37. The fourth-order valence-corrected chi connectivity index (χ4v) is 2.46. The second-order valence-corrected chi connectivity index (χ2v) is 6.02. The minimum absolute atomic E-state index is 0.0771. The summed E-state index contributed by atoms with van der Waals surface area (Å²) in [5.74, 6) is -0.419. The largest absolute Gasteiger partial charge is 0.487 e. The van der Waals surface area contributed by atoms with Crippen LogP contribution in [0, 0.1) is 10.1 Å². The van der Waals surface area contributed by atoms with Crippen molar-refractivity contribution in [2.45, 2.75) is 38.8 Å². The lowest BCUT2D eigenvalue weighted by Gasteiger charge is -2.10. The Morgan fingerprint density at radius 2 is 2.18 bits per heavy atom. The molecule has 0 bridgehead atoms. The number of ether oxygens (including phenoxy) is 1. The van der Waals surface area contributed by atoms with E-state index >= 15 is 0 Å². The molecule has 0 fully saturated rings. The van der Waals surface area contributed by atoms with Gasteiger partial charge < -0.3 is 15.2 Å². The van der Waals surface area contributed by atoms with Gasteiger partial charge in [-0.1, -0.05) is 11.6 Å². The van der Waals surface area contributed by atoms with E-state index in [-0.39, 0.29) is 25.3 Å². The first-order valence-corrected chi connectivity index (χ1v) is 8.81. The van der Waals surface area contributed by atoms with Gasteiger partial charge in [-0.15, -0.1) is 5.10 Å². The number of aryl methyl sites for hydroxylation is 1. The van der Waals surface area contributed by atoms with Crippen molar-refractivity contribution in [3.8, 4) is 5.75 Å². The number of halogens is 1. The number of nitro benzene ring substituents is 1. The van der Waals surface area contributed by atoms with Crippen molar-refractivity contribution in [1.29, 1.82) is 0 Å². The van der Waals surface area contributed by atoms with Gasteiger partial charge in [-0.2, -0.15) is 0 Å². The van der Waals surface area contributed by atoms with Crippen LogP contribution in [0.5, 0.6) is 5.75 Å². The molecule has 28 heavy (non-hydrogen) atoms. The van der Waals surface area contributed by atoms with Gasteiger partial charge in [-0.25, -0.2) is 9.07 Å². The van der Waals surface area contributed by atoms with Crippen molar-refractivity contribution in [1.82, 2.24) is 15.0 Å². The lowest BCUT2D eigenvalue weighted by Crippen LogP contribution is -2.05. The number of carboxylic acid groups (broad SMARTS) is 1. The predicted octanol–water partition coefficient (Wildman–Crippen LogP) is 2.79. The summed E-state index contributed by atoms with van der Waals surface area (Å²) < 4.78 is 19.2. The number of benzene rings is 1. The molecule has 0 unspecified atom stereocenters. The van der Waals surface area contributed by atoms with Crippen LogP contribution in [0.25, 0.3) is 0 Å². The minimum atomic E-state index is -0.835. The van der Waals surface area contributed by atoms with Gasteiger partial charge in [-0.3, -0.25) is 14.9 Å². The van der Waals surface area contributed by atoms with E-state index in [0.717, 1.165) is 0 Å². The molecule has 0 aliphatic rings. The van der Waals surface area contributed by atoms with E-state index in [1.807, 2.05) is 0 Å². The number of carbonyl (C=O) groups is 1. The van der Waals surface area contributed by atoms with Gasteiger partial charge in [0.15, 0.2) is 0 Å². The Bertz CT molecular complexity index is 798. The van der Waals surface area contributed by atoms with Crippen LogP contribution in [0.2, 0.25) is 0 Å². The molecule has 0 amide bonds. The molecule has 0 radical (unpaired) electrons. The van der Waals surface area contributed by atoms with Gasteiger partial charge in [0.25, 0.3) is 5.69 Å². The molecule has 0 saturated carbocycles. The van der Waals surface area contributed by atoms with Crippen LogP contribution in [-0.4, -0.2) is 44.2 Å². The number of carboxylic acids is 1. The third-order valence-electron chi connectivity index (χ3n) is 3.83. The van der Waals surface area contributed by atoms with Crippen LogP contribution in [0.1, 0.15) is 31.4 Å². The molecule has 0 atom stereocenters. The lowest BCUT2D eigenvalue weighted by atomic mass is 10.2. The van der Waals surface area contributed by atoms with Gasteiger partial charge >= 0.3 is 5.97 Å². The third kappa shape index (κ3) is 6.82. The molecular weight excluding hydrogens is 373 g/mol. The fourth-order valence-electron chi connectivity index (χ4n) is 2.46. The van der Waals surface area contributed by atoms with E-state index in [1.54, 1.807) is 6.20 Å². The molecule has 2 aromatic rings. The Balaban J connectivity index is 1.91. The molecule has 2 N–H and O–H groups in total. The summed E-state index contributed by atoms with van der Waals surface area (Å²) in [6.07, 6.45) is 3.64. The maximum absolute atomic E-state index is 12.3. The lowest BCUT2D eigenvalue weighted by molar-refractivity contribution is -0.384. The molecule has 10 nitrogen and oxygen atoms in total. The van der Waals surface area contributed by atoms with E-state index in [2.05, 4.69) is 15.6 Å². The molecule has 0 spiro atoms. The quantitative estimate of drug-likeness (QED) is 0.300. The second kappa shape index (κ2) is 10.8. The summed E-state index contributed by atoms with van der Waals surface area (Å²) >= 11 is 0. The molecule has 11 heteroatoms. The third-order valence-corrected chi connectivity index (χ3v) is 3.83. The Labute approximate surface area is 160 Å². The van der Waals surface area contributed by atoms with Gasteiger partial charge in [0.2, 0.25) is 0 Å². The molecule has 0 aliphatic carbocycles. The number of unbranched alkanes of at least 4 members (excludes halogenated alkanes) is 2. The molecule has 152 valence electrons. The number of aromatic nitrogens is 3. The zero-order valence-electron chi connectivity index (χ0n) is 15.2. The molecule has 0 saturated heterocycles. The molecule has 1 aromatic carbocycles. The first kappa shape index (κ1) is 21.1. The van der Waals surface area contributed by atoms with E-state index in [1.165, 1.54) is 22.9 Å². The van der Waals surface area contributed by atoms with Crippen molar-refractivity contribution in [3.05, 3.63) is 40.2 Å². The number of alkyl halides is 1. The Morgan fingerprint density at radius 3 is 2.89 bits per heavy atom. The monoisotopic (exact) mass is 395 g/mol. The Hall–Kier alpha value is -3.24. The first-order valence-electron chi connectivity index (χ1n) is 8.81. The zero-order chi connectivity index (χ0) is 20.4. The van der Waals surface area contributed by atoms with Crippen molar-refractivity contribution in [2.75, 3.05) is 18.5 Å². The van der Waals surface area contributed by atoms with Crippen molar-refractivity contribution in [3.63, 3.8) is 0 Å². The maximum atomic E-state index is 12.3. The van der Waals surface area contributed by atoms with Crippen molar-refractivity contribution < 1.29 is 24.0 Å². The molecular formula is C17H22FN5O5. The summed E-state index contributed by atoms with van der Waals surface area (Å²) in [4.78, 5) is 21.2. The number of rotatable bonds is 13. The normalized spacial score (nSPS) is 10.6. The van der Waals surface area contributed by atoms with Crippen LogP contribution in [0.3, 0.4) is 0 Å². The Kier molecular flexibility index (Phi) is 8.12. The average Bonchev–Trinajstić information content (AvgIpc) is 3.10.